The molecule has 86 valence electrons. The highest BCUT2D eigenvalue weighted by molar-refractivity contribution is 5.43. The van der Waals surface area contributed by atoms with Gasteiger partial charge in [0.05, 0.1) is 0 Å². The Morgan fingerprint density at radius 2 is 2.31 bits per heavy atom. The second kappa shape index (κ2) is 4.06. The first kappa shape index (κ1) is 10.1. The van der Waals surface area contributed by atoms with Crippen LogP contribution in [-0.2, 0) is 12.8 Å². The van der Waals surface area contributed by atoms with Crippen LogP contribution in [0.25, 0.3) is 0 Å². The van der Waals surface area contributed by atoms with E-state index in [1.165, 1.54) is 36.3 Å². The average Bonchev–Trinajstić information content (AvgIpc) is 2.75. The van der Waals surface area contributed by atoms with Crippen LogP contribution < -0.4 is 10.2 Å². The smallest absolute Gasteiger partial charge is 0.128 e. The number of nitrogens with zero attached hydrogens (tertiary/aromatic N) is 2. The highest BCUT2D eigenvalue weighted by Gasteiger charge is 2.19. The van der Waals surface area contributed by atoms with E-state index in [-0.39, 0.29) is 0 Å². The van der Waals surface area contributed by atoms with E-state index in [4.69, 9.17) is 4.98 Å². The van der Waals surface area contributed by atoms with Crippen LogP contribution in [0.4, 0.5) is 5.82 Å². The molecule has 16 heavy (non-hydrogen) atoms. The molecule has 3 nitrogen and oxygen atoms in total. The van der Waals surface area contributed by atoms with Gasteiger partial charge in [-0.25, -0.2) is 4.98 Å². The molecule has 0 bridgehead atoms. The van der Waals surface area contributed by atoms with E-state index < -0.39 is 0 Å². The molecule has 1 saturated heterocycles. The van der Waals surface area contributed by atoms with E-state index in [1.54, 1.807) is 0 Å². The molecule has 1 aromatic heterocycles. The molecular weight excluding hydrogens is 198 g/mol. The number of anilines is 1. The Hall–Kier alpha value is -1.09. The number of rotatable bonds is 1. The van der Waals surface area contributed by atoms with Gasteiger partial charge in [-0.15, -0.1) is 0 Å². The predicted molar refractivity (Wildman–Crippen MR) is 65.9 cm³/mol. The molecule has 0 radical (unpaired) electrons. The summed E-state index contributed by atoms with van der Waals surface area (Å²) in [7, 11) is 0. The Balaban J connectivity index is 1.83. The van der Waals surface area contributed by atoms with Crippen molar-refractivity contribution in [2.75, 3.05) is 24.5 Å². The molecule has 1 N–H and O–H groups in total. The van der Waals surface area contributed by atoms with Gasteiger partial charge in [-0.3, -0.25) is 0 Å². The summed E-state index contributed by atoms with van der Waals surface area (Å²) in [6.07, 6.45) is 3.68. The Labute approximate surface area is 96.9 Å². The lowest BCUT2D eigenvalue weighted by Crippen LogP contribution is -2.49. The lowest BCUT2D eigenvalue weighted by Gasteiger charge is -2.33. The summed E-state index contributed by atoms with van der Waals surface area (Å²) >= 11 is 0. The molecule has 2 heterocycles. The van der Waals surface area contributed by atoms with Crippen LogP contribution in [0.5, 0.6) is 0 Å². The molecule has 1 aromatic rings. The molecule has 0 amide bonds. The van der Waals surface area contributed by atoms with Gasteiger partial charge in [0.25, 0.3) is 0 Å². The van der Waals surface area contributed by atoms with Crippen molar-refractivity contribution in [3.63, 3.8) is 0 Å². The van der Waals surface area contributed by atoms with Crippen LogP contribution in [0.2, 0.25) is 0 Å². The van der Waals surface area contributed by atoms with Crippen LogP contribution in [0.1, 0.15) is 24.6 Å². The predicted octanol–water partition coefficient (Wildman–Crippen LogP) is 1.37. The van der Waals surface area contributed by atoms with Gasteiger partial charge in [0.15, 0.2) is 0 Å². The van der Waals surface area contributed by atoms with Crippen molar-refractivity contribution < 1.29 is 0 Å². The number of aryl methyl sites for hydroxylation is 2. The van der Waals surface area contributed by atoms with Gasteiger partial charge < -0.3 is 10.2 Å². The van der Waals surface area contributed by atoms with Crippen molar-refractivity contribution in [1.82, 2.24) is 10.3 Å². The van der Waals surface area contributed by atoms with E-state index in [0.29, 0.717) is 6.04 Å². The van der Waals surface area contributed by atoms with E-state index in [2.05, 4.69) is 29.3 Å². The zero-order chi connectivity index (χ0) is 11.0. The lowest BCUT2D eigenvalue weighted by atomic mass is 10.2. The summed E-state index contributed by atoms with van der Waals surface area (Å²) in [5.74, 6) is 1.18. The quantitative estimate of drug-likeness (QED) is 0.770. The second-order valence-electron chi connectivity index (χ2n) is 4.93. The topological polar surface area (TPSA) is 28.2 Å². The van der Waals surface area contributed by atoms with Crippen molar-refractivity contribution in [2.24, 2.45) is 0 Å². The van der Waals surface area contributed by atoms with Crippen molar-refractivity contribution in [3.8, 4) is 0 Å². The van der Waals surface area contributed by atoms with Crippen LogP contribution >= 0.6 is 0 Å². The third-order valence-corrected chi connectivity index (χ3v) is 3.61. The maximum absolute atomic E-state index is 4.81. The van der Waals surface area contributed by atoms with E-state index in [0.717, 1.165) is 19.6 Å². The van der Waals surface area contributed by atoms with Crippen molar-refractivity contribution in [2.45, 2.75) is 32.2 Å². The van der Waals surface area contributed by atoms with Gasteiger partial charge >= 0.3 is 0 Å². The van der Waals surface area contributed by atoms with Gasteiger partial charge in [-0.05, 0) is 37.8 Å². The molecule has 1 atom stereocenters. The number of fused-ring (bicyclic) bond motifs is 1. The Kier molecular flexibility index (Phi) is 2.56. The first-order chi connectivity index (χ1) is 7.83. The molecule has 3 rings (SSSR count). The van der Waals surface area contributed by atoms with Gasteiger partial charge in [0, 0.05) is 31.4 Å². The second-order valence-corrected chi connectivity index (χ2v) is 4.93. The summed E-state index contributed by atoms with van der Waals surface area (Å²) in [5, 5.41) is 3.46. The minimum atomic E-state index is 0.573. The van der Waals surface area contributed by atoms with Crippen molar-refractivity contribution in [1.29, 1.82) is 0 Å². The standard InChI is InChI=1S/C13H19N3/c1-10-9-16(8-7-14-10)13-6-5-11-3-2-4-12(11)15-13/h5-6,10,14H,2-4,7-9H2,1H3. The molecule has 1 aliphatic carbocycles. The monoisotopic (exact) mass is 217 g/mol. The molecule has 3 heteroatoms. The van der Waals surface area contributed by atoms with Gasteiger partial charge in [-0.2, -0.15) is 0 Å². The van der Waals surface area contributed by atoms with Crippen molar-refractivity contribution in [3.05, 3.63) is 23.4 Å². The normalized spacial score (nSPS) is 24.6. The molecule has 0 aromatic carbocycles. The molecule has 0 saturated carbocycles. The third-order valence-electron chi connectivity index (χ3n) is 3.61. The van der Waals surface area contributed by atoms with Gasteiger partial charge in [0.2, 0.25) is 0 Å². The number of piperazine rings is 1. The van der Waals surface area contributed by atoms with E-state index in [9.17, 15) is 0 Å². The van der Waals surface area contributed by atoms with Gasteiger partial charge in [-0.1, -0.05) is 6.07 Å². The number of aromatic nitrogens is 1. The fraction of sp³-hybridized carbons (Fsp3) is 0.615. The largest absolute Gasteiger partial charge is 0.354 e. The van der Waals surface area contributed by atoms with Crippen LogP contribution in [0.15, 0.2) is 12.1 Å². The highest BCUT2D eigenvalue weighted by Crippen LogP contribution is 2.23. The zero-order valence-electron chi connectivity index (χ0n) is 9.87. The maximum atomic E-state index is 4.81. The van der Waals surface area contributed by atoms with Crippen LogP contribution in [0, 0.1) is 0 Å². The molecule has 1 aliphatic heterocycles. The third kappa shape index (κ3) is 1.80. The van der Waals surface area contributed by atoms with E-state index in [1.807, 2.05) is 0 Å². The van der Waals surface area contributed by atoms with E-state index >= 15 is 0 Å². The molecular formula is C13H19N3. The summed E-state index contributed by atoms with van der Waals surface area (Å²) in [6.45, 7) is 5.46. The fourth-order valence-electron chi connectivity index (χ4n) is 2.73. The Morgan fingerprint density at radius 3 is 3.19 bits per heavy atom. The SMILES string of the molecule is CC1CN(c2ccc3c(n2)CCC3)CCN1. The summed E-state index contributed by atoms with van der Waals surface area (Å²) in [4.78, 5) is 7.21. The summed E-state index contributed by atoms with van der Waals surface area (Å²) < 4.78 is 0. The van der Waals surface area contributed by atoms with Crippen molar-refractivity contribution >= 4 is 5.82 Å². The minimum Gasteiger partial charge on any atom is -0.354 e. The maximum Gasteiger partial charge on any atom is 0.128 e. The zero-order valence-corrected chi connectivity index (χ0v) is 9.87. The lowest BCUT2D eigenvalue weighted by molar-refractivity contribution is 0.482. The Bertz CT molecular complexity index is 389. The molecule has 2 aliphatic rings. The minimum absolute atomic E-state index is 0.573. The number of hydrogen-bond donors (Lipinski definition) is 1. The first-order valence-corrected chi connectivity index (χ1v) is 6.30. The number of pyridine rings is 1. The first-order valence-electron chi connectivity index (χ1n) is 6.30. The summed E-state index contributed by atoms with van der Waals surface area (Å²) in [6, 6.07) is 5.04. The Morgan fingerprint density at radius 1 is 1.38 bits per heavy atom. The number of nitrogens with one attached hydrogen (secondary N) is 1. The average molecular weight is 217 g/mol. The molecule has 1 unspecified atom stereocenters. The van der Waals surface area contributed by atoms with Crippen LogP contribution in [0.3, 0.4) is 0 Å². The van der Waals surface area contributed by atoms with Gasteiger partial charge in [0.1, 0.15) is 5.82 Å². The molecule has 0 spiro atoms. The summed E-state index contributed by atoms with van der Waals surface area (Å²) in [5.41, 5.74) is 2.80. The van der Waals surface area contributed by atoms with Crippen LogP contribution in [-0.4, -0.2) is 30.7 Å². The fourth-order valence-corrected chi connectivity index (χ4v) is 2.73. The number of hydrogen-bond acceptors (Lipinski definition) is 3. The molecule has 1 fully saturated rings. The highest BCUT2D eigenvalue weighted by atomic mass is 15.2.